The summed E-state index contributed by atoms with van der Waals surface area (Å²) in [6.07, 6.45) is 6.01. The molecule has 0 spiro atoms. The van der Waals surface area contributed by atoms with Crippen LogP contribution in [0, 0.1) is 11.6 Å². The average Bonchev–Trinajstić information content (AvgIpc) is 3.42. The van der Waals surface area contributed by atoms with Crippen LogP contribution in [0.2, 0.25) is 5.02 Å². The van der Waals surface area contributed by atoms with E-state index in [4.69, 9.17) is 16.3 Å². The number of aromatic nitrogens is 4. The van der Waals surface area contributed by atoms with Gasteiger partial charge in [-0.2, -0.15) is 0 Å². The lowest BCUT2D eigenvalue weighted by Gasteiger charge is -2.14. The number of H-pyrrole nitrogens is 1. The van der Waals surface area contributed by atoms with Gasteiger partial charge in [0.1, 0.15) is 28.4 Å². The SMILES string of the molecule is O=C(Nc1ccc(Oc2ccnc3[nH]ccc23)c(F)c1)c1cn(-c2ccc(F)c(Cl)c2)c2ncccc2c1=O. The molecule has 0 aliphatic heterocycles. The summed E-state index contributed by atoms with van der Waals surface area (Å²) >= 11 is 5.96. The van der Waals surface area contributed by atoms with Crippen molar-refractivity contribution in [3.63, 3.8) is 0 Å². The van der Waals surface area contributed by atoms with Gasteiger partial charge in [0.2, 0.25) is 5.43 Å². The lowest BCUT2D eigenvalue weighted by Crippen LogP contribution is -2.24. The summed E-state index contributed by atoms with van der Waals surface area (Å²) in [5.74, 6) is -1.77. The first-order valence-corrected chi connectivity index (χ1v) is 11.9. The van der Waals surface area contributed by atoms with Gasteiger partial charge in [-0.25, -0.2) is 18.7 Å². The quantitative estimate of drug-likeness (QED) is 0.268. The minimum absolute atomic E-state index is 0.0611. The molecule has 6 aromatic rings. The molecule has 1 amide bonds. The fourth-order valence-corrected chi connectivity index (χ4v) is 4.33. The topological polar surface area (TPSA) is 102 Å². The van der Waals surface area contributed by atoms with E-state index < -0.39 is 23.0 Å². The van der Waals surface area contributed by atoms with Gasteiger partial charge in [-0.3, -0.25) is 9.59 Å². The van der Waals surface area contributed by atoms with Crippen molar-refractivity contribution >= 4 is 45.3 Å². The highest BCUT2D eigenvalue weighted by atomic mass is 35.5. The van der Waals surface area contributed by atoms with E-state index in [0.717, 1.165) is 6.07 Å². The molecule has 0 aliphatic rings. The second-order valence-corrected chi connectivity index (χ2v) is 8.87. The lowest BCUT2D eigenvalue weighted by molar-refractivity contribution is 0.102. The number of carbonyl (C=O) groups is 1. The van der Waals surface area contributed by atoms with E-state index in [-0.39, 0.29) is 33.1 Å². The highest BCUT2D eigenvalue weighted by Crippen LogP contribution is 2.31. The summed E-state index contributed by atoms with van der Waals surface area (Å²) < 4.78 is 35.9. The van der Waals surface area contributed by atoms with Gasteiger partial charge in [-0.15, -0.1) is 0 Å². The second kappa shape index (κ2) is 9.66. The number of pyridine rings is 3. The Morgan fingerprint density at radius 1 is 0.949 bits per heavy atom. The molecule has 0 unspecified atom stereocenters. The zero-order valence-electron chi connectivity index (χ0n) is 19.8. The molecule has 0 atom stereocenters. The van der Waals surface area contributed by atoms with E-state index in [9.17, 15) is 18.4 Å². The number of hydrogen-bond acceptors (Lipinski definition) is 5. The average molecular weight is 544 g/mol. The van der Waals surface area contributed by atoms with E-state index in [1.54, 1.807) is 24.4 Å². The standard InChI is InChI=1S/C28H16ClF2N5O3/c29-20-13-16(4-5-21(20)30)36-14-19(25(37)18-2-1-9-34-27(18)36)28(38)35-15-3-6-24(22(31)12-15)39-23-8-11-33-26-17(23)7-10-32-26/h1-14H,(H,32,33)(H,35,38). The first kappa shape index (κ1) is 24.3. The fraction of sp³-hybridized carbons (Fsp3) is 0. The number of nitrogens with one attached hydrogen (secondary N) is 2. The van der Waals surface area contributed by atoms with Crippen molar-refractivity contribution in [1.82, 2.24) is 19.5 Å². The van der Waals surface area contributed by atoms with Crippen molar-refractivity contribution in [2.24, 2.45) is 0 Å². The number of carbonyl (C=O) groups excluding carboxylic acids is 1. The molecular weight excluding hydrogens is 528 g/mol. The third-order valence-corrected chi connectivity index (χ3v) is 6.31. The molecule has 0 saturated carbocycles. The van der Waals surface area contributed by atoms with Crippen LogP contribution in [0.3, 0.4) is 0 Å². The Labute approximate surface area is 223 Å². The Bertz CT molecular complexity index is 1970. The van der Waals surface area contributed by atoms with Crippen molar-refractivity contribution in [1.29, 1.82) is 0 Å². The molecule has 0 aliphatic carbocycles. The minimum Gasteiger partial charge on any atom is -0.453 e. The molecule has 6 rings (SSSR count). The number of ether oxygens (including phenoxy) is 1. The molecular formula is C28H16ClF2N5O3. The number of halogens is 3. The number of amides is 1. The zero-order valence-corrected chi connectivity index (χ0v) is 20.5. The first-order valence-electron chi connectivity index (χ1n) is 11.6. The number of nitrogens with zero attached hydrogens (tertiary/aromatic N) is 3. The molecule has 0 bridgehead atoms. The molecule has 2 N–H and O–H groups in total. The van der Waals surface area contributed by atoms with Crippen molar-refractivity contribution in [2.45, 2.75) is 0 Å². The van der Waals surface area contributed by atoms with Crippen LogP contribution < -0.4 is 15.5 Å². The third kappa shape index (κ3) is 4.47. The smallest absolute Gasteiger partial charge is 0.261 e. The largest absolute Gasteiger partial charge is 0.453 e. The molecule has 4 heterocycles. The normalized spacial score (nSPS) is 11.2. The highest BCUT2D eigenvalue weighted by molar-refractivity contribution is 6.30. The number of benzene rings is 2. The van der Waals surface area contributed by atoms with Crippen molar-refractivity contribution in [3.8, 4) is 17.2 Å². The zero-order chi connectivity index (χ0) is 27.1. The Balaban J connectivity index is 1.33. The van der Waals surface area contributed by atoms with Crippen LogP contribution in [-0.4, -0.2) is 25.4 Å². The maximum Gasteiger partial charge on any atom is 0.261 e. The molecule has 0 saturated heterocycles. The molecule has 0 fully saturated rings. The fourth-order valence-electron chi connectivity index (χ4n) is 4.16. The maximum atomic E-state index is 14.9. The van der Waals surface area contributed by atoms with Crippen LogP contribution in [0.4, 0.5) is 14.5 Å². The molecule has 192 valence electrons. The number of fused-ring (bicyclic) bond motifs is 2. The highest BCUT2D eigenvalue weighted by Gasteiger charge is 2.19. The van der Waals surface area contributed by atoms with Crippen LogP contribution in [-0.2, 0) is 0 Å². The summed E-state index contributed by atoms with van der Waals surface area (Å²) in [6.45, 7) is 0. The number of anilines is 1. The Hall–Kier alpha value is -5.09. The molecule has 0 radical (unpaired) electrons. The molecule has 11 heteroatoms. The van der Waals surface area contributed by atoms with Crippen LogP contribution in [0.1, 0.15) is 10.4 Å². The summed E-state index contributed by atoms with van der Waals surface area (Å²) in [5, 5.41) is 3.26. The first-order chi connectivity index (χ1) is 18.9. The summed E-state index contributed by atoms with van der Waals surface area (Å²) in [5.41, 5.74) is 0.530. The summed E-state index contributed by atoms with van der Waals surface area (Å²) in [6, 6.07) is 14.3. The number of aromatic amines is 1. The van der Waals surface area contributed by atoms with Crippen molar-refractivity contribution in [3.05, 3.63) is 118 Å². The van der Waals surface area contributed by atoms with E-state index >= 15 is 0 Å². The predicted octanol–water partition coefficient (Wildman–Crippen LogP) is 6.24. The maximum absolute atomic E-state index is 14.9. The van der Waals surface area contributed by atoms with Crippen LogP contribution >= 0.6 is 11.6 Å². The second-order valence-electron chi connectivity index (χ2n) is 8.47. The number of rotatable bonds is 5. The Morgan fingerprint density at radius 3 is 2.64 bits per heavy atom. The predicted molar refractivity (Wildman–Crippen MR) is 143 cm³/mol. The van der Waals surface area contributed by atoms with E-state index in [2.05, 4.69) is 20.3 Å². The van der Waals surface area contributed by atoms with Gasteiger partial charge in [0.25, 0.3) is 5.91 Å². The van der Waals surface area contributed by atoms with Crippen molar-refractivity contribution in [2.75, 3.05) is 5.32 Å². The van der Waals surface area contributed by atoms with Gasteiger partial charge >= 0.3 is 0 Å². The van der Waals surface area contributed by atoms with Gasteiger partial charge in [0, 0.05) is 42.2 Å². The van der Waals surface area contributed by atoms with Crippen LogP contribution in [0.25, 0.3) is 27.8 Å². The summed E-state index contributed by atoms with van der Waals surface area (Å²) in [7, 11) is 0. The third-order valence-electron chi connectivity index (χ3n) is 6.02. The molecule has 4 aromatic heterocycles. The van der Waals surface area contributed by atoms with Gasteiger partial charge in [0.05, 0.1) is 15.8 Å². The molecule has 8 nitrogen and oxygen atoms in total. The molecule has 39 heavy (non-hydrogen) atoms. The van der Waals surface area contributed by atoms with Gasteiger partial charge in [0.15, 0.2) is 11.6 Å². The van der Waals surface area contributed by atoms with E-state index in [1.807, 2.05) is 0 Å². The Kier molecular flexibility index (Phi) is 6.01. The van der Waals surface area contributed by atoms with Crippen molar-refractivity contribution < 1.29 is 18.3 Å². The van der Waals surface area contributed by atoms with Gasteiger partial charge in [-0.05, 0) is 54.6 Å². The van der Waals surface area contributed by atoms with Crippen LogP contribution in [0.15, 0.2) is 90.2 Å². The van der Waals surface area contributed by atoms with E-state index in [0.29, 0.717) is 22.5 Å². The van der Waals surface area contributed by atoms with Gasteiger partial charge in [-0.1, -0.05) is 11.6 Å². The minimum atomic E-state index is -0.774. The molecule has 2 aromatic carbocycles. The van der Waals surface area contributed by atoms with E-state index in [1.165, 1.54) is 59.6 Å². The Morgan fingerprint density at radius 2 is 1.82 bits per heavy atom. The lowest BCUT2D eigenvalue weighted by atomic mass is 10.1. The summed E-state index contributed by atoms with van der Waals surface area (Å²) in [4.78, 5) is 37.7. The van der Waals surface area contributed by atoms with Crippen LogP contribution in [0.5, 0.6) is 11.5 Å². The van der Waals surface area contributed by atoms with Gasteiger partial charge < -0.3 is 19.6 Å². The number of hydrogen-bond donors (Lipinski definition) is 2. The monoisotopic (exact) mass is 543 g/mol.